The van der Waals surface area contributed by atoms with Crippen molar-refractivity contribution in [2.45, 2.75) is 123 Å². The van der Waals surface area contributed by atoms with Crippen molar-refractivity contribution in [3.63, 3.8) is 0 Å². The molecule has 1 aromatic heterocycles. The molecule has 2 nitrogen and oxygen atoms in total. The molecule has 0 saturated carbocycles. The zero-order valence-electron chi connectivity index (χ0n) is 38.3. The van der Waals surface area contributed by atoms with Gasteiger partial charge in [0.25, 0.3) is 6.71 Å². The molecule has 1 unspecified atom stereocenters. The van der Waals surface area contributed by atoms with E-state index in [1.54, 1.807) is 5.56 Å². The van der Waals surface area contributed by atoms with Crippen molar-refractivity contribution < 1.29 is 0 Å². The van der Waals surface area contributed by atoms with Gasteiger partial charge in [0.05, 0.1) is 16.4 Å². The summed E-state index contributed by atoms with van der Waals surface area (Å²) >= 11 is 1.96. The van der Waals surface area contributed by atoms with Crippen LogP contribution in [0.25, 0.3) is 21.2 Å². The van der Waals surface area contributed by atoms with E-state index in [-0.39, 0.29) is 33.8 Å². The first kappa shape index (κ1) is 38.8. The lowest BCUT2D eigenvalue weighted by Gasteiger charge is -2.54. The van der Waals surface area contributed by atoms with E-state index < -0.39 is 0 Å². The molecule has 0 saturated heterocycles. The van der Waals surface area contributed by atoms with Crippen LogP contribution in [0.3, 0.4) is 0 Å². The van der Waals surface area contributed by atoms with E-state index in [1.165, 1.54) is 105 Å². The molecule has 7 aromatic rings. The molecule has 4 heterocycles. The molecule has 6 aromatic carbocycles. The first-order valence-electron chi connectivity index (χ1n) is 22.6. The molecule has 4 heteroatoms. The molecule has 0 bridgehead atoms. The SMILES string of the molecule is CC(C)(C)c1ccc(N2c3cc(C(C)(C)C)cc4c3B(c3ccc5c6c3N4c3ccc(C(C)(C)C)cc3C6(C)CCC5(C)C)c3c2sc2ccccc32)c(-c2ccccc2)c1. The van der Waals surface area contributed by atoms with Crippen LogP contribution in [0.4, 0.5) is 33.4 Å². The zero-order valence-corrected chi connectivity index (χ0v) is 39.1. The number of rotatable bonds is 2. The Morgan fingerprint density at radius 1 is 0.541 bits per heavy atom. The lowest BCUT2D eigenvalue weighted by Crippen LogP contribution is -2.62. The monoisotopic (exact) mass is 814 g/mol. The van der Waals surface area contributed by atoms with E-state index in [1.807, 2.05) is 11.3 Å². The lowest BCUT2D eigenvalue weighted by molar-refractivity contribution is 0.348. The number of nitrogens with zero attached hydrogens (tertiary/aromatic N) is 2. The Kier molecular flexibility index (Phi) is 7.98. The van der Waals surface area contributed by atoms with Crippen LogP contribution >= 0.6 is 11.3 Å². The van der Waals surface area contributed by atoms with Gasteiger partial charge in [0.1, 0.15) is 0 Å². The summed E-state index contributed by atoms with van der Waals surface area (Å²) in [6.45, 7) is 28.9. The zero-order chi connectivity index (χ0) is 42.8. The van der Waals surface area contributed by atoms with Crippen molar-refractivity contribution in [3.8, 4) is 11.1 Å². The van der Waals surface area contributed by atoms with Crippen LogP contribution < -0.4 is 26.2 Å². The maximum Gasteiger partial charge on any atom is 0.254 e. The average Bonchev–Trinajstić information content (AvgIpc) is 3.60. The molecule has 0 fully saturated rings. The number of fused-ring (bicyclic) bond motifs is 9. The highest BCUT2D eigenvalue weighted by molar-refractivity contribution is 7.26. The van der Waals surface area contributed by atoms with Gasteiger partial charge < -0.3 is 9.80 Å². The number of hydrogen-bond acceptors (Lipinski definition) is 3. The molecular weight excluding hydrogens is 756 g/mol. The van der Waals surface area contributed by atoms with Gasteiger partial charge in [-0.2, -0.15) is 0 Å². The quantitative estimate of drug-likeness (QED) is 0.160. The predicted molar refractivity (Wildman–Crippen MR) is 266 cm³/mol. The molecule has 1 atom stereocenters. The number of anilines is 6. The minimum absolute atomic E-state index is 0.00354. The highest BCUT2D eigenvalue weighted by Crippen LogP contribution is 2.61. The van der Waals surface area contributed by atoms with Crippen molar-refractivity contribution in [2.75, 3.05) is 9.80 Å². The summed E-state index contributed by atoms with van der Waals surface area (Å²) in [6, 6.07) is 45.4. The van der Waals surface area contributed by atoms with Gasteiger partial charge in [-0.1, -0.05) is 162 Å². The Balaban J connectivity index is 1.31. The first-order chi connectivity index (χ1) is 28.8. The summed E-state index contributed by atoms with van der Waals surface area (Å²) in [5.41, 5.74) is 22.1. The van der Waals surface area contributed by atoms with Crippen LogP contribution in [0.5, 0.6) is 0 Å². The Labute approximate surface area is 368 Å². The molecule has 4 aliphatic rings. The van der Waals surface area contributed by atoms with Crippen molar-refractivity contribution >= 4 is 78.0 Å². The third-order valence-electron chi connectivity index (χ3n) is 15.0. The Morgan fingerprint density at radius 2 is 1.16 bits per heavy atom. The fourth-order valence-electron chi connectivity index (χ4n) is 11.4. The van der Waals surface area contributed by atoms with E-state index in [4.69, 9.17) is 0 Å². The van der Waals surface area contributed by atoms with Crippen LogP contribution in [-0.2, 0) is 27.1 Å². The smallest absolute Gasteiger partial charge is 0.254 e. The Bertz CT molecular complexity index is 2980. The number of thiophene rings is 1. The molecular formula is C57H59BN2S. The molecule has 3 aliphatic heterocycles. The summed E-state index contributed by atoms with van der Waals surface area (Å²) < 4.78 is 1.34. The molecule has 0 spiro atoms. The van der Waals surface area contributed by atoms with Gasteiger partial charge in [-0.15, -0.1) is 11.3 Å². The van der Waals surface area contributed by atoms with Gasteiger partial charge in [0, 0.05) is 32.7 Å². The summed E-state index contributed by atoms with van der Waals surface area (Å²) in [7, 11) is 0. The van der Waals surface area contributed by atoms with Crippen LogP contribution in [0, 0.1) is 0 Å². The molecule has 1 aliphatic carbocycles. The summed E-state index contributed by atoms with van der Waals surface area (Å²) in [5, 5.41) is 2.71. The minimum atomic E-state index is -0.106. The number of hydrogen-bond donors (Lipinski definition) is 0. The van der Waals surface area contributed by atoms with Crippen LogP contribution in [0.1, 0.15) is 129 Å². The normalized spacial score (nSPS) is 18.5. The van der Waals surface area contributed by atoms with Gasteiger partial charge in [-0.05, 0) is 132 Å². The second kappa shape index (κ2) is 12.5. The topological polar surface area (TPSA) is 6.48 Å². The van der Waals surface area contributed by atoms with E-state index in [0.29, 0.717) is 0 Å². The third-order valence-corrected chi connectivity index (χ3v) is 16.2. The summed E-state index contributed by atoms with van der Waals surface area (Å²) in [6.07, 6.45) is 2.30. The number of benzene rings is 6. The van der Waals surface area contributed by atoms with Gasteiger partial charge >= 0.3 is 0 Å². The van der Waals surface area contributed by atoms with E-state index in [0.717, 1.165) is 6.42 Å². The molecule has 61 heavy (non-hydrogen) atoms. The summed E-state index contributed by atoms with van der Waals surface area (Å²) in [4.78, 5) is 5.44. The lowest BCUT2D eigenvalue weighted by atomic mass is 9.32. The predicted octanol–water partition coefficient (Wildman–Crippen LogP) is 14.2. The Morgan fingerprint density at radius 3 is 1.85 bits per heavy atom. The van der Waals surface area contributed by atoms with E-state index >= 15 is 0 Å². The maximum atomic E-state index is 2.75. The highest BCUT2D eigenvalue weighted by Gasteiger charge is 2.54. The van der Waals surface area contributed by atoms with Gasteiger partial charge in [-0.3, -0.25) is 0 Å². The van der Waals surface area contributed by atoms with Crippen molar-refractivity contribution in [3.05, 3.63) is 149 Å². The maximum absolute atomic E-state index is 2.75. The van der Waals surface area contributed by atoms with Crippen LogP contribution in [0.15, 0.2) is 115 Å². The minimum Gasteiger partial charge on any atom is -0.311 e. The molecule has 0 amide bonds. The van der Waals surface area contributed by atoms with Crippen molar-refractivity contribution in [2.24, 2.45) is 0 Å². The van der Waals surface area contributed by atoms with E-state index in [9.17, 15) is 0 Å². The highest BCUT2D eigenvalue weighted by atomic mass is 32.1. The fraction of sp³-hybridized carbons (Fsp3) is 0.333. The largest absolute Gasteiger partial charge is 0.311 e. The first-order valence-corrected chi connectivity index (χ1v) is 23.4. The molecule has 0 N–H and O–H groups in total. The molecule has 306 valence electrons. The van der Waals surface area contributed by atoms with Crippen molar-refractivity contribution in [1.82, 2.24) is 0 Å². The third kappa shape index (κ3) is 5.46. The van der Waals surface area contributed by atoms with Crippen molar-refractivity contribution in [1.29, 1.82) is 0 Å². The standard InChI is InChI=1S/C57H59BN2S/c1-53(2,3)35-22-26-43(39(30-35)34-18-14-13-15-19-34)60-46-33-37(55(7,8)9)32-45-50(46)58(49-38-20-16-17-21-47(38)61-52(49)60)42-25-24-40-48-51(42)59(45)44-27-23-36(54(4,5)6)31-41(44)57(48,12)29-28-56(40,10)11/h13-27,30-33H,28-29H2,1-12H3. The second-order valence-corrected chi connectivity index (χ2v) is 23.6. The van der Waals surface area contributed by atoms with Gasteiger partial charge in [-0.25, -0.2) is 0 Å². The fourth-order valence-corrected chi connectivity index (χ4v) is 12.6. The second-order valence-electron chi connectivity index (χ2n) is 22.6. The van der Waals surface area contributed by atoms with Crippen LogP contribution in [-0.4, -0.2) is 6.71 Å². The average molecular weight is 815 g/mol. The van der Waals surface area contributed by atoms with Gasteiger partial charge in [0.2, 0.25) is 0 Å². The van der Waals surface area contributed by atoms with E-state index in [2.05, 4.69) is 208 Å². The summed E-state index contributed by atoms with van der Waals surface area (Å²) in [5.74, 6) is 0. The molecule has 0 radical (unpaired) electrons. The molecule has 11 rings (SSSR count). The Hall–Kier alpha value is -5.06. The van der Waals surface area contributed by atoms with Crippen LogP contribution in [0.2, 0.25) is 0 Å². The van der Waals surface area contributed by atoms with Gasteiger partial charge in [0.15, 0.2) is 0 Å².